The fourth-order valence-electron chi connectivity index (χ4n) is 4.19. The van der Waals surface area contributed by atoms with Crippen LogP contribution >= 0.6 is 11.8 Å². The number of nitrogens with zero attached hydrogens (tertiary/aromatic N) is 1. The number of para-hydroxylation sites is 1. The smallest absolute Gasteiger partial charge is 0.294 e. The first-order valence-electron chi connectivity index (χ1n) is 13.5. The van der Waals surface area contributed by atoms with Crippen LogP contribution in [0.2, 0.25) is 0 Å². The molecule has 3 aromatic rings. The van der Waals surface area contributed by atoms with Gasteiger partial charge in [-0.2, -0.15) is 0 Å². The van der Waals surface area contributed by atoms with Crippen LogP contribution in [0.25, 0.3) is 6.08 Å². The molecule has 2 N–H and O–H groups in total. The molecule has 1 aliphatic heterocycles. The lowest BCUT2D eigenvalue weighted by Crippen LogP contribution is -2.36. The lowest BCUT2D eigenvalue weighted by Gasteiger charge is -2.15. The van der Waals surface area contributed by atoms with E-state index in [-0.39, 0.29) is 35.7 Å². The molecular formula is C31H28F3N3O6S. The zero-order chi connectivity index (χ0) is 32.0. The molecule has 1 heterocycles. The van der Waals surface area contributed by atoms with Gasteiger partial charge < -0.3 is 20.1 Å². The molecule has 0 spiro atoms. The van der Waals surface area contributed by atoms with E-state index in [0.29, 0.717) is 39.7 Å². The van der Waals surface area contributed by atoms with Gasteiger partial charge in [0.05, 0.1) is 17.2 Å². The van der Waals surface area contributed by atoms with E-state index < -0.39 is 46.7 Å². The monoisotopic (exact) mass is 627 g/mol. The average molecular weight is 628 g/mol. The largest absolute Gasteiger partial charge is 0.490 e. The molecule has 44 heavy (non-hydrogen) atoms. The van der Waals surface area contributed by atoms with Gasteiger partial charge in [-0.25, -0.2) is 13.2 Å². The minimum atomic E-state index is -1.77. The maximum absolute atomic E-state index is 13.9. The highest BCUT2D eigenvalue weighted by molar-refractivity contribution is 8.18. The molecule has 230 valence electrons. The number of anilines is 2. The molecule has 0 unspecified atom stereocenters. The Bertz CT molecular complexity index is 1650. The third kappa shape index (κ3) is 7.59. The Morgan fingerprint density at radius 1 is 0.909 bits per heavy atom. The quantitative estimate of drug-likeness (QED) is 0.189. The van der Waals surface area contributed by atoms with Gasteiger partial charge in [0.1, 0.15) is 6.54 Å². The summed E-state index contributed by atoms with van der Waals surface area (Å²) in [5.41, 5.74) is 1.51. The van der Waals surface area contributed by atoms with Gasteiger partial charge in [0.25, 0.3) is 17.1 Å². The van der Waals surface area contributed by atoms with Crippen LogP contribution in [0.4, 0.5) is 29.3 Å². The fraction of sp³-hybridized carbons (Fsp3) is 0.226. The number of benzene rings is 3. The number of imide groups is 1. The molecule has 1 saturated heterocycles. The lowest BCUT2D eigenvalue weighted by molar-refractivity contribution is -0.127. The van der Waals surface area contributed by atoms with Crippen molar-refractivity contribution in [2.75, 3.05) is 30.4 Å². The number of hydrogen-bond acceptors (Lipinski definition) is 7. The third-order valence-electron chi connectivity index (χ3n) is 6.27. The van der Waals surface area contributed by atoms with Crippen molar-refractivity contribution in [2.45, 2.75) is 26.7 Å². The van der Waals surface area contributed by atoms with Gasteiger partial charge in [-0.05, 0) is 72.1 Å². The molecule has 9 nitrogen and oxygen atoms in total. The Hall–Kier alpha value is -4.78. The second kappa shape index (κ2) is 14.1. The van der Waals surface area contributed by atoms with Crippen LogP contribution in [0.5, 0.6) is 11.5 Å². The van der Waals surface area contributed by atoms with Crippen LogP contribution in [-0.4, -0.2) is 47.6 Å². The average Bonchev–Trinajstić information content (AvgIpc) is 3.24. The Labute approximate surface area is 255 Å². The van der Waals surface area contributed by atoms with E-state index >= 15 is 0 Å². The van der Waals surface area contributed by atoms with Crippen molar-refractivity contribution in [3.05, 3.63) is 88.1 Å². The molecular weight excluding hydrogens is 599 g/mol. The SMILES string of the molecule is CCOc1cc(/C=C2/SC(=O)N(CC(=O)Nc3ccc(F)c(F)c3F)C2=O)ccc1OCC(=O)Nc1ccccc1C(C)C. The lowest BCUT2D eigenvalue weighted by atomic mass is 10.0. The summed E-state index contributed by atoms with van der Waals surface area (Å²) < 4.78 is 51.9. The van der Waals surface area contributed by atoms with Crippen molar-refractivity contribution in [1.82, 2.24) is 4.90 Å². The Morgan fingerprint density at radius 2 is 1.64 bits per heavy atom. The third-order valence-corrected chi connectivity index (χ3v) is 7.17. The number of carbonyl (C=O) groups excluding carboxylic acids is 4. The molecule has 13 heteroatoms. The van der Waals surface area contributed by atoms with Crippen LogP contribution < -0.4 is 20.1 Å². The van der Waals surface area contributed by atoms with Gasteiger partial charge in [-0.1, -0.05) is 38.1 Å². The molecule has 4 amide bonds. The van der Waals surface area contributed by atoms with Crippen LogP contribution in [-0.2, 0) is 14.4 Å². The molecule has 0 atom stereocenters. The fourth-order valence-corrected chi connectivity index (χ4v) is 5.03. The first-order chi connectivity index (χ1) is 21.0. The topological polar surface area (TPSA) is 114 Å². The van der Waals surface area contributed by atoms with E-state index in [1.54, 1.807) is 25.1 Å². The number of thioether (sulfide) groups is 1. The highest BCUT2D eigenvalue weighted by atomic mass is 32.2. The number of amides is 4. The van der Waals surface area contributed by atoms with Gasteiger partial charge in [0.2, 0.25) is 5.91 Å². The first-order valence-corrected chi connectivity index (χ1v) is 14.3. The van der Waals surface area contributed by atoms with Gasteiger partial charge in [-0.3, -0.25) is 24.1 Å². The summed E-state index contributed by atoms with van der Waals surface area (Å²) in [7, 11) is 0. The van der Waals surface area contributed by atoms with Gasteiger partial charge in [0.15, 0.2) is 35.6 Å². The Balaban J connectivity index is 1.42. The maximum Gasteiger partial charge on any atom is 0.294 e. The summed E-state index contributed by atoms with van der Waals surface area (Å²) in [6.45, 7) is 5.02. The molecule has 4 rings (SSSR count). The van der Waals surface area contributed by atoms with E-state index in [9.17, 15) is 32.3 Å². The highest BCUT2D eigenvalue weighted by Crippen LogP contribution is 2.35. The second-order valence-corrected chi connectivity index (χ2v) is 10.8. The summed E-state index contributed by atoms with van der Waals surface area (Å²) in [5.74, 6) is -6.16. The Kier molecular flexibility index (Phi) is 10.3. The summed E-state index contributed by atoms with van der Waals surface area (Å²) in [4.78, 5) is 51.0. The number of rotatable bonds is 11. The number of carbonyl (C=O) groups is 4. The summed E-state index contributed by atoms with van der Waals surface area (Å²) in [6, 6.07) is 13.6. The van der Waals surface area contributed by atoms with Crippen molar-refractivity contribution in [2.24, 2.45) is 0 Å². The van der Waals surface area contributed by atoms with Gasteiger partial charge in [-0.15, -0.1) is 0 Å². The first kappa shape index (κ1) is 32.1. The summed E-state index contributed by atoms with van der Waals surface area (Å²) in [6.07, 6.45) is 1.42. The van der Waals surface area contributed by atoms with Gasteiger partial charge >= 0.3 is 0 Å². The number of halogens is 3. The van der Waals surface area contributed by atoms with Crippen molar-refractivity contribution >= 4 is 52.2 Å². The second-order valence-electron chi connectivity index (χ2n) is 9.76. The molecule has 0 radical (unpaired) electrons. The van der Waals surface area contributed by atoms with Crippen molar-refractivity contribution < 1.29 is 41.8 Å². The molecule has 0 aliphatic carbocycles. The molecule has 0 aromatic heterocycles. The predicted molar refractivity (Wildman–Crippen MR) is 160 cm³/mol. The van der Waals surface area contributed by atoms with E-state index in [0.717, 1.165) is 11.6 Å². The predicted octanol–water partition coefficient (Wildman–Crippen LogP) is 6.32. The zero-order valence-electron chi connectivity index (χ0n) is 23.9. The van der Waals surface area contributed by atoms with Gasteiger partial charge in [0, 0.05) is 5.69 Å². The molecule has 1 fully saturated rings. The van der Waals surface area contributed by atoms with Crippen molar-refractivity contribution in [3.63, 3.8) is 0 Å². The zero-order valence-corrected chi connectivity index (χ0v) is 24.7. The minimum absolute atomic E-state index is 0.00104. The Morgan fingerprint density at radius 3 is 2.36 bits per heavy atom. The standard InChI is InChI=1S/C31H28F3N3O6S/c1-4-42-24-13-18(9-12-23(24)43-16-27(39)35-21-8-6-5-7-19(21)17(2)3)14-25-30(40)37(31(41)44-25)15-26(38)36-22-11-10-20(32)28(33)29(22)34/h5-14,17H,4,15-16H2,1-3H3,(H,35,39)(H,36,38)/b25-14+. The number of nitrogens with one attached hydrogen (secondary N) is 2. The molecule has 1 aliphatic rings. The van der Waals surface area contributed by atoms with Crippen LogP contribution in [0.15, 0.2) is 59.5 Å². The van der Waals surface area contributed by atoms with E-state index in [1.165, 1.54) is 6.08 Å². The van der Waals surface area contributed by atoms with E-state index in [2.05, 4.69) is 5.32 Å². The van der Waals surface area contributed by atoms with E-state index in [4.69, 9.17) is 9.47 Å². The van der Waals surface area contributed by atoms with Crippen LogP contribution in [0.3, 0.4) is 0 Å². The number of ether oxygens (including phenoxy) is 2. The van der Waals surface area contributed by atoms with E-state index in [1.807, 2.05) is 43.4 Å². The normalized spacial score (nSPS) is 13.9. The number of hydrogen-bond donors (Lipinski definition) is 2. The van der Waals surface area contributed by atoms with Crippen LogP contribution in [0.1, 0.15) is 37.8 Å². The minimum Gasteiger partial charge on any atom is -0.490 e. The summed E-state index contributed by atoms with van der Waals surface area (Å²) in [5, 5.41) is 4.12. The molecule has 3 aromatic carbocycles. The van der Waals surface area contributed by atoms with Crippen molar-refractivity contribution in [1.29, 1.82) is 0 Å². The van der Waals surface area contributed by atoms with Crippen LogP contribution in [0, 0.1) is 17.5 Å². The maximum atomic E-state index is 13.9. The molecule has 0 bridgehead atoms. The highest BCUT2D eigenvalue weighted by Gasteiger charge is 2.36. The molecule has 0 saturated carbocycles. The summed E-state index contributed by atoms with van der Waals surface area (Å²) >= 11 is 0.584. The van der Waals surface area contributed by atoms with Crippen molar-refractivity contribution in [3.8, 4) is 11.5 Å².